The Morgan fingerprint density at radius 1 is 1.35 bits per heavy atom. The van der Waals surface area contributed by atoms with Gasteiger partial charge in [-0.3, -0.25) is 10.4 Å². The molecule has 7 heteroatoms. The number of hydrogen-bond donors (Lipinski definition) is 3. The molecule has 2 aromatic rings. The molecule has 0 aromatic carbocycles. The van der Waals surface area contributed by atoms with Crippen LogP contribution >= 0.6 is 11.6 Å². The van der Waals surface area contributed by atoms with Crippen molar-refractivity contribution in [1.29, 1.82) is 0 Å². The highest BCUT2D eigenvalue weighted by Gasteiger charge is 2.07. The minimum absolute atomic E-state index is 0.365. The van der Waals surface area contributed by atoms with Gasteiger partial charge in [-0.05, 0) is 13.0 Å². The van der Waals surface area contributed by atoms with Crippen LogP contribution in [0.5, 0.6) is 0 Å². The van der Waals surface area contributed by atoms with E-state index in [0.717, 1.165) is 0 Å². The van der Waals surface area contributed by atoms with E-state index in [-0.39, 0.29) is 6.03 Å². The summed E-state index contributed by atoms with van der Waals surface area (Å²) in [6.07, 6.45) is 3.07. The number of halogens is 1. The van der Waals surface area contributed by atoms with Gasteiger partial charge < -0.3 is 5.32 Å². The number of pyridine rings is 1. The summed E-state index contributed by atoms with van der Waals surface area (Å²) in [6, 6.07) is 2.94. The Bertz CT molecular complexity index is 525. The number of aromatic amines is 1. The van der Waals surface area contributed by atoms with Gasteiger partial charge >= 0.3 is 6.03 Å². The topological polar surface area (TPSA) is 82.7 Å². The number of rotatable bonds is 2. The second-order valence-corrected chi connectivity index (χ2v) is 3.68. The fourth-order valence-electron chi connectivity index (χ4n) is 1.25. The molecule has 0 atom stereocenters. The lowest BCUT2D eigenvalue weighted by Gasteiger charge is -2.08. The molecule has 0 radical (unpaired) electrons. The van der Waals surface area contributed by atoms with Crippen LogP contribution in [0.4, 0.5) is 16.3 Å². The lowest BCUT2D eigenvalue weighted by molar-refractivity contribution is 0.262. The second kappa shape index (κ2) is 4.84. The number of carbonyl (C=O) groups is 1. The van der Waals surface area contributed by atoms with Crippen molar-refractivity contribution in [1.82, 2.24) is 15.2 Å². The van der Waals surface area contributed by atoms with Gasteiger partial charge in [0.15, 0.2) is 0 Å². The van der Waals surface area contributed by atoms with Gasteiger partial charge in [0.2, 0.25) is 0 Å². The van der Waals surface area contributed by atoms with Gasteiger partial charge in [0.25, 0.3) is 0 Å². The van der Waals surface area contributed by atoms with E-state index < -0.39 is 0 Å². The number of H-pyrrole nitrogens is 1. The Balaban J connectivity index is 2.06. The lowest BCUT2D eigenvalue weighted by Crippen LogP contribution is -2.20. The average molecular weight is 252 g/mol. The number of nitrogens with one attached hydrogen (secondary N) is 3. The Morgan fingerprint density at radius 3 is 2.88 bits per heavy atom. The Hall–Kier alpha value is -2.08. The van der Waals surface area contributed by atoms with Gasteiger partial charge in [-0.2, -0.15) is 5.10 Å². The summed E-state index contributed by atoms with van der Waals surface area (Å²) >= 11 is 5.84. The summed E-state index contributed by atoms with van der Waals surface area (Å²) in [5.74, 6) is 0.514. The second-order valence-electron chi connectivity index (χ2n) is 3.32. The quantitative estimate of drug-likeness (QED) is 0.717. The van der Waals surface area contributed by atoms with E-state index in [2.05, 4.69) is 25.8 Å². The van der Waals surface area contributed by atoms with Crippen LogP contribution in [-0.4, -0.2) is 21.2 Å². The number of aromatic nitrogens is 3. The highest BCUT2D eigenvalue weighted by Crippen LogP contribution is 2.20. The molecule has 0 fully saturated rings. The molecule has 0 bridgehead atoms. The van der Waals surface area contributed by atoms with E-state index in [1.165, 1.54) is 6.20 Å². The molecule has 0 aliphatic rings. The van der Waals surface area contributed by atoms with Crippen molar-refractivity contribution in [2.45, 2.75) is 6.92 Å². The van der Waals surface area contributed by atoms with Crippen molar-refractivity contribution in [3.8, 4) is 0 Å². The van der Waals surface area contributed by atoms with E-state index in [0.29, 0.717) is 22.2 Å². The number of nitrogens with zero attached hydrogens (tertiary/aromatic N) is 2. The van der Waals surface area contributed by atoms with Crippen LogP contribution in [0.15, 0.2) is 24.5 Å². The van der Waals surface area contributed by atoms with Crippen LogP contribution in [0.1, 0.15) is 5.56 Å². The first-order valence-electron chi connectivity index (χ1n) is 4.85. The van der Waals surface area contributed by atoms with E-state index >= 15 is 0 Å². The minimum Gasteiger partial charge on any atom is -0.307 e. The SMILES string of the molecule is Cc1c(NC(=O)Nc2ccn[nH]2)ccnc1Cl. The van der Waals surface area contributed by atoms with E-state index in [1.54, 1.807) is 25.3 Å². The molecule has 0 spiro atoms. The average Bonchev–Trinajstić information content (AvgIpc) is 2.77. The molecule has 2 rings (SSSR count). The molecular formula is C10H10ClN5O. The molecule has 3 N–H and O–H groups in total. The summed E-state index contributed by atoms with van der Waals surface area (Å²) in [5, 5.41) is 12.0. The highest BCUT2D eigenvalue weighted by atomic mass is 35.5. The van der Waals surface area contributed by atoms with Crippen LogP contribution < -0.4 is 10.6 Å². The smallest absolute Gasteiger partial charge is 0.307 e. The molecule has 17 heavy (non-hydrogen) atoms. The Kier molecular flexibility index (Phi) is 3.24. The van der Waals surface area contributed by atoms with Crippen LogP contribution in [0.25, 0.3) is 0 Å². The van der Waals surface area contributed by atoms with E-state index in [9.17, 15) is 4.79 Å². The van der Waals surface area contributed by atoms with Crippen molar-refractivity contribution in [3.05, 3.63) is 35.2 Å². The van der Waals surface area contributed by atoms with Gasteiger partial charge in [-0.25, -0.2) is 9.78 Å². The van der Waals surface area contributed by atoms with Crippen molar-refractivity contribution in [2.24, 2.45) is 0 Å². The van der Waals surface area contributed by atoms with E-state index in [4.69, 9.17) is 11.6 Å². The summed E-state index contributed by atoms with van der Waals surface area (Å²) < 4.78 is 0. The van der Waals surface area contributed by atoms with Crippen LogP contribution in [0, 0.1) is 6.92 Å². The lowest BCUT2D eigenvalue weighted by atomic mass is 10.2. The Labute approximate surface area is 102 Å². The normalized spacial score (nSPS) is 10.0. The number of amides is 2. The molecule has 0 saturated heterocycles. The summed E-state index contributed by atoms with van der Waals surface area (Å²) in [4.78, 5) is 15.5. The number of hydrogen-bond acceptors (Lipinski definition) is 3. The number of urea groups is 1. The van der Waals surface area contributed by atoms with Crippen LogP contribution in [-0.2, 0) is 0 Å². The first-order valence-corrected chi connectivity index (χ1v) is 5.23. The van der Waals surface area contributed by atoms with Gasteiger partial charge in [0.05, 0.1) is 6.20 Å². The number of carbonyl (C=O) groups excluding carboxylic acids is 1. The molecule has 0 unspecified atom stereocenters. The predicted octanol–water partition coefficient (Wildman–Crippen LogP) is 2.41. The van der Waals surface area contributed by atoms with Gasteiger partial charge in [-0.15, -0.1) is 0 Å². The molecule has 0 aliphatic carbocycles. The molecule has 6 nitrogen and oxygen atoms in total. The zero-order valence-electron chi connectivity index (χ0n) is 8.99. The molecule has 88 valence electrons. The third-order valence-electron chi connectivity index (χ3n) is 2.14. The minimum atomic E-state index is -0.375. The Morgan fingerprint density at radius 2 is 2.18 bits per heavy atom. The molecule has 2 amide bonds. The monoisotopic (exact) mass is 251 g/mol. The first kappa shape index (κ1) is 11.4. The third kappa shape index (κ3) is 2.73. The van der Waals surface area contributed by atoms with Crippen LogP contribution in [0.2, 0.25) is 5.15 Å². The standard InChI is InChI=1S/C10H10ClN5O/c1-6-7(2-4-12-9(6)11)14-10(17)15-8-3-5-13-16-8/h2-5H,1H3,(H3,12,13,14,15,16,17). The fourth-order valence-corrected chi connectivity index (χ4v) is 1.41. The highest BCUT2D eigenvalue weighted by molar-refractivity contribution is 6.30. The molecule has 2 heterocycles. The van der Waals surface area contributed by atoms with Gasteiger partial charge in [0, 0.05) is 23.5 Å². The fraction of sp³-hybridized carbons (Fsp3) is 0.100. The largest absolute Gasteiger partial charge is 0.324 e. The maximum Gasteiger partial charge on any atom is 0.324 e. The maximum atomic E-state index is 11.6. The van der Waals surface area contributed by atoms with Crippen molar-refractivity contribution < 1.29 is 4.79 Å². The zero-order chi connectivity index (χ0) is 12.3. The first-order chi connectivity index (χ1) is 8.16. The molecule has 0 saturated carbocycles. The zero-order valence-corrected chi connectivity index (χ0v) is 9.75. The molecular weight excluding hydrogens is 242 g/mol. The van der Waals surface area contributed by atoms with Gasteiger partial charge in [-0.1, -0.05) is 11.6 Å². The van der Waals surface area contributed by atoms with E-state index in [1.807, 2.05) is 0 Å². The molecule has 2 aromatic heterocycles. The summed E-state index contributed by atoms with van der Waals surface area (Å²) in [5.41, 5.74) is 1.33. The van der Waals surface area contributed by atoms with Gasteiger partial charge in [0.1, 0.15) is 11.0 Å². The summed E-state index contributed by atoms with van der Waals surface area (Å²) in [6.45, 7) is 1.78. The van der Waals surface area contributed by atoms with Crippen molar-refractivity contribution >= 4 is 29.1 Å². The predicted molar refractivity (Wildman–Crippen MR) is 65.2 cm³/mol. The van der Waals surface area contributed by atoms with Crippen molar-refractivity contribution in [3.63, 3.8) is 0 Å². The third-order valence-corrected chi connectivity index (χ3v) is 2.52. The number of anilines is 2. The molecule has 0 aliphatic heterocycles. The maximum absolute atomic E-state index is 11.6. The van der Waals surface area contributed by atoms with Crippen LogP contribution in [0.3, 0.4) is 0 Å². The summed E-state index contributed by atoms with van der Waals surface area (Å²) in [7, 11) is 0. The van der Waals surface area contributed by atoms with Crippen molar-refractivity contribution in [2.75, 3.05) is 10.6 Å².